The Bertz CT molecular complexity index is 845. The second-order valence-corrected chi connectivity index (χ2v) is 10.9. The van der Waals surface area contributed by atoms with E-state index in [0.717, 1.165) is 22.9 Å². The average Bonchev–Trinajstić information content (AvgIpc) is 3.28. The summed E-state index contributed by atoms with van der Waals surface area (Å²) >= 11 is 3.38. The van der Waals surface area contributed by atoms with Gasteiger partial charge in [-0.05, 0) is 61.8 Å². The van der Waals surface area contributed by atoms with Crippen molar-refractivity contribution >= 4 is 34.1 Å². The molecule has 4 aliphatic carbocycles. The van der Waals surface area contributed by atoms with E-state index < -0.39 is 0 Å². The van der Waals surface area contributed by atoms with Gasteiger partial charge in [0.15, 0.2) is 0 Å². The molecule has 0 spiro atoms. The third-order valence-corrected chi connectivity index (χ3v) is 9.45. The topological polar surface area (TPSA) is 46.1 Å². The van der Waals surface area contributed by atoms with E-state index in [2.05, 4.69) is 22.3 Å². The minimum atomic E-state index is 0.0239. The van der Waals surface area contributed by atoms with Crippen molar-refractivity contribution in [1.29, 1.82) is 0 Å². The predicted octanol–water partition coefficient (Wildman–Crippen LogP) is 4.78. The summed E-state index contributed by atoms with van der Waals surface area (Å²) in [5.74, 6) is 3.35. The molecule has 1 saturated heterocycles. The molecular formula is C21H23N3OS2. The first-order chi connectivity index (χ1) is 13.2. The van der Waals surface area contributed by atoms with Gasteiger partial charge in [0.1, 0.15) is 10.4 Å². The molecule has 5 aliphatic rings. The largest absolute Gasteiger partial charge is 0.273 e. The molecule has 0 N–H and O–H groups in total. The molecule has 0 unspecified atom stereocenters. The molecule has 1 atom stereocenters. The number of thioether (sulfide) groups is 1. The highest BCUT2D eigenvalue weighted by Gasteiger charge is 2.53. The SMILES string of the molecule is O=C1CS[C@H](c2ccccc2)N1c1nnc(C23CC4CC(CC(C4)C2)C3)s1. The molecule has 0 radical (unpaired) electrons. The molecule has 7 rings (SSSR count). The quantitative estimate of drug-likeness (QED) is 0.747. The summed E-state index contributed by atoms with van der Waals surface area (Å²) in [6.45, 7) is 0. The number of benzene rings is 1. The minimum Gasteiger partial charge on any atom is -0.273 e. The highest BCUT2D eigenvalue weighted by molar-refractivity contribution is 8.00. The van der Waals surface area contributed by atoms with Crippen molar-refractivity contribution in [3.05, 3.63) is 40.9 Å². The summed E-state index contributed by atoms with van der Waals surface area (Å²) in [7, 11) is 0. The lowest BCUT2D eigenvalue weighted by atomic mass is 9.50. The van der Waals surface area contributed by atoms with Gasteiger partial charge in [0, 0.05) is 5.41 Å². The van der Waals surface area contributed by atoms with Crippen molar-refractivity contribution in [3.63, 3.8) is 0 Å². The van der Waals surface area contributed by atoms with Crippen molar-refractivity contribution in [1.82, 2.24) is 10.2 Å². The lowest BCUT2D eigenvalue weighted by molar-refractivity contribution is -0.115. The minimum absolute atomic E-state index is 0.0239. The Morgan fingerprint density at radius 2 is 1.63 bits per heavy atom. The van der Waals surface area contributed by atoms with Crippen LogP contribution in [0.2, 0.25) is 0 Å². The van der Waals surface area contributed by atoms with Gasteiger partial charge in [0.05, 0.1) is 5.75 Å². The number of hydrogen-bond acceptors (Lipinski definition) is 5. The smallest absolute Gasteiger partial charge is 0.240 e. The number of carbonyl (C=O) groups excluding carboxylic acids is 1. The van der Waals surface area contributed by atoms with Crippen LogP contribution in [-0.4, -0.2) is 21.9 Å². The fourth-order valence-electron chi connectivity index (χ4n) is 6.39. The summed E-state index contributed by atoms with van der Waals surface area (Å²) in [6.07, 6.45) is 8.17. The molecule has 2 aromatic rings. The van der Waals surface area contributed by atoms with E-state index in [-0.39, 0.29) is 16.7 Å². The van der Waals surface area contributed by atoms with Gasteiger partial charge in [-0.2, -0.15) is 0 Å². The Balaban J connectivity index is 1.34. The van der Waals surface area contributed by atoms with Gasteiger partial charge in [-0.25, -0.2) is 0 Å². The van der Waals surface area contributed by atoms with Crippen molar-refractivity contribution in [2.24, 2.45) is 17.8 Å². The second kappa shape index (κ2) is 6.05. The zero-order valence-corrected chi connectivity index (χ0v) is 16.8. The van der Waals surface area contributed by atoms with Gasteiger partial charge in [-0.3, -0.25) is 9.69 Å². The van der Waals surface area contributed by atoms with Crippen molar-refractivity contribution in [3.8, 4) is 0 Å². The number of aromatic nitrogens is 2. The Kier molecular flexibility index (Phi) is 3.71. The second-order valence-electron chi connectivity index (χ2n) is 8.93. The van der Waals surface area contributed by atoms with E-state index in [1.807, 2.05) is 23.1 Å². The van der Waals surface area contributed by atoms with E-state index in [1.165, 1.54) is 49.1 Å². The molecule has 4 bridgehead atoms. The molecule has 5 fully saturated rings. The fourth-order valence-corrected chi connectivity index (χ4v) is 8.73. The van der Waals surface area contributed by atoms with Gasteiger partial charge in [0.25, 0.3) is 0 Å². The van der Waals surface area contributed by atoms with Crippen LogP contribution in [0.1, 0.15) is 54.5 Å². The van der Waals surface area contributed by atoms with Crippen LogP contribution < -0.4 is 4.90 Å². The summed E-state index contributed by atoms with van der Waals surface area (Å²) in [6, 6.07) is 10.3. The van der Waals surface area contributed by atoms with E-state index >= 15 is 0 Å². The third-order valence-electron chi connectivity index (χ3n) is 7.06. The van der Waals surface area contributed by atoms with Gasteiger partial charge in [-0.1, -0.05) is 41.7 Å². The number of nitrogens with zero attached hydrogens (tertiary/aromatic N) is 3. The monoisotopic (exact) mass is 397 g/mol. The van der Waals surface area contributed by atoms with Crippen LogP contribution in [0.15, 0.2) is 30.3 Å². The molecule has 1 aromatic heterocycles. The Hall–Kier alpha value is -1.40. The van der Waals surface area contributed by atoms with Crippen LogP contribution in [0.5, 0.6) is 0 Å². The van der Waals surface area contributed by atoms with Gasteiger partial charge < -0.3 is 0 Å². The molecule has 6 heteroatoms. The first kappa shape index (κ1) is 16.5. The van der Waals surface area contributed by atoms with Crippen molar-refractivity contribution in [2.45, 2.75) is 49.3 Å². The summed E-state index contributed by atoms with van der Waals surface area (Å²) in [4.78, 5) is 14.6. The Morgan fingerprint density at radius 1 is 0.963 bits per heavy atom. The van der Waals surface area contributed by atoms with Gasteiger partial charge in [0.2, 0.25) is 11.0 Å². The standard InChI is InChI=1S/C21H23N3OS2/c25-17-12-26-18(16-4-2-1-3-5-16)24(17)20-23-22-19(27-20)21-9-13-6-14(10-21)8-15(7-13)11-21/h1-5,13-15,18H,6-12H2/t13?,14?,15?,18-,21?/m1/s1. The average molecular weight is 398 g/mol. The number of rotatable bonds is 3. The van der Waals surface area contributed by atoms with Crippen LogP contribution in [0.4, 0.5) is 5.13 Å². The number of hydrogen-bond donors (Lipinski definition) is 0. The number of anilines is 1. The van der Waals surface area contributed by atoms with E-state index in [1.54, 1.807) is 23.1 Å². The van der Waals surface area contributed by atoms with E-state index in [4.69, 9.17) is 0 Å². The Labute approximate surface area is 167 Å². The highest BCUT2D eigenvalue weighted by Crippen LogP contribution is 2.61. The van der Waals surface area contributed by atoms with Crippen LogP contribution in [0.25, 0.3) is 0 Å². The zero-order chi connectivity index (χ0) is 18.0. The van der Waals surface area contributed by atoms with E-state index in [9.17, 15) is 4.79 Å². The summed E-state index contributed by atoms with van der Waals surface area (Å²) < 4.78 is 0. The molecular weight excluding hydrogens is 374 g/mol. The van der Waals surface area contributed by atoms with Crippen LogP contribution >= 0.6 is 23.1 Å². The zero-order valence-electron chi connectivity index (χ0n) is 15.2. The fraction of sp³-hybridized carbons (Fsp3) is 0.571. The lowest BCUT2D eigenvalue weighted by Gasteiger charge is -2.55. The highest BCUT2D eigenvalue weighted by atomic mass is 32.2. The Morgan fingerprint density at radius 3 is 2.30 bits per heavy atom. The molecule has 4 saturated carbocycles. The lowest BCUT2D eigenvalue weighted by Crippen LogP contribution is -2.48. The first-order valence-electron chi connectivity index (χ1n) is 10.0. The maximum atomic E-state index is 12.7. The summed E-state index contributed by atoms with van der Waals surface area (Å²) in [5, 5.41) is 11.2. The molecule has 4 nitrogen and oxygen atoms in total. The molecule has 1 aliphatic heterocycles. The molecule has 27 heavy (non-hydrogen) atoms. The molecule has 2 heterocycles. The van der Waals surface area contributed by atoms with Crippen molar-refractivity contribution < 1.29 is 4.79 Å². The molecule has 1 amide bonds. The summed E-state index contributed by atoms with van der Waals surface area (Å²) in [5.41, 5.74) is 1.42. The van der Waals surface area contributed by atoms with Gasteiger partial charge >= 0.3 is 0 Å². The number of amides is 1. The van der Waals surface area contributed by atoms with E-state index in [0.29, 0.717) is 5.75 Å². The van der Waals surface area contributed by atoms with Crippen LogP contribution in [-0.2, 0) is 10.2 Å². The molecule has 1 aromatic carbocycles. The normalized spacial score (nSPS) is 37.3. The van der Waals surface area contributed by atoms with Crippen molar-refractivity contribution in [2.75, 3.05) is 10.7 Å². The first-order valence-corrected chi connectivity index (χ1v) is 11.9. The van der Waals surface area contributed by atoms with Crippen LogP contribution in [0, 0.1) is 17.8 Å². The maximum Gasteiger partial charge on any atom is 0.240 e. The number of carbonyl (C=O) groups is 1. The predicted molar refractivity (Wildman–Crippen MR) is 109 cm³/mol. The van der Waals surface area contributed by atoms with Crippen LogP contribution in [0.3, 0.4) is 0 Å². The third kappa shape index (κ3) is 2.59. The maximum absolute atomic E-state index is 12.7. The van der Waals surface area contributed by atoms with Gasteiger partial charge in [-0.15, -0.1) is 22.0 Å². The molecule has 140 valence electrons.